The average Bonchev–Trinajstić information content (AvgIpc) is 3.27. The van der Waals surface area contributed by atoms with Crippen molar-refractivity contribution in [3.05, 3.63) is 50.6 Å². The maximum atomic E-state index is 12.6. The van der Waals surface area contributed by atoms with E-state index in [0.29, 0.717) is 23.1 Å². The van der Waals surface area contributed by atoms with Crippen LogP contribution in [0.4, 0.5) is 0 Å². The van der Waals surface area contributed by atoms with E-state index in [1.165, 1.54) is 22.2 Å². The number of nitrogens with zero attached hydrogens (tertiary/aromatic N) is 4. The maximum absolute atomic E-state index is 12.6. The molecule has 0 N–H and O–H groups in total. The van der Waals surface area contributed by atoms with Crippen LogP contribution in [0.2, 0.25) is 0 Å². The van der Waals surface area contributed by atoms with Crippen molar-refractivity contribution in [3.63, 3.8) is 0 Å². The molecule has 1 aromatic carbocycles. The Labute approximate surface area is 190 Å². The summed E-state index contributed by atoms with van der Waals surface area (Å²) in [4.78, 5) is 19.6. The zero-order chi connectivity index (χ0) is 21.0. The van der Waals surface area contributed by atoms with E-state index in [0.717, 1.165) is 32.6 Å². The third-order valence-electron chi connectivity index (χ3n) is 5.21. The molecule has 0 saturated heterocycles. The SMILES string of the molecule is Cc1nc2sc3c(c2c2nnc(SCC(=O)c4ccc(Br)cc4)n12)CC(C)(C)OC3. The molecule has 3 aromatic heterocycles. The Hall–Kier alpha value is -1.81. The Balaban J connectivity index is 1.51. The molecule has 0 radical (unpaired) electrons. The number of halogens is 1. The Morgan fingerprint density at radius 1 is 1.30 bits per heavy atom. The lowest BCUT2D eigenvalue weighted by atomic mass is 9.94. The number of carbonyl (C=O) groups is 1. The van der Waals surface area contributed by atoms with Gasteiger partial charge in [0.25, 0.3) is 0 Å². The summed E-state index contributed by atoms with van der Waals surface area (Å²) in [6.45, 7) is 6.77. The number of carbonyl (C=O) groups excluding carboxylic acids is 1. The number of thiophene rings is 1. The molecule has 0 bridgehead atoms. The molecule has 4 aromatic rings. The Morgan fingerprint density at radius 2 is 2.07 bits per heavy atom. The van der Waals surface area contributed by atoms with Gasteiger partial charge < -0.3 is 4.74 Å². The van der Waals surface area contributed by atoms with Gasteiger partial charge in [-0.1, -0.05) is 39.8 Å². The first-order valence-corrected chi connectivity index (χ1v) is 12.1. The topological polar surface area (TPSA) is 69.4 Å². The minimum absolute atomic E-state index is 0.0581. The summed E-state index contributed by atoms with van der Waals surface area (Å²) in [7, 11) is 0. The third-order valence-corrected chi connectivity index (χ3v) is 7.77. The summed E-state index contributed by atoms with van der Waals surface area (Å²) in [5, 5.41) is 10.7. The van der Waals surface area contributed by atoms with Crippen molar-refractivity contribution >= 4 is 60.7 Å². The molecule has 0 atom stereocenters. The van der Waals surface area contributed by atoms with Gasteiger partial charge in [-0.05, 0) is 38.5 Å². The quantitative estimate of drug-likeness (QED) is 0.281. The highest BCUT2D eigenvalue weighted by atomic mass is 79.9. The summed E-state index contributed by atoms with van der Waals surface area (Å²) in [6, 6.07) is 7.40. The maximum Gasteiger partial charge on any atom is 0.197 e. The van der Waals surface area contributed by atoms with E-state index in [9.17, 15) is 4.79 Å². The number of ketones is 1. The number of aryl methyl sites for hydroxylation is 1. The fraction of sp³-hybridized carbons (Fsp3) is 0.333. The minimum Gasteiger partial charge on any atom is -0.370 e. The normalized spacial score (nSPS) is 15.6. The predicted octanol–water partition coefficient (Wildman–Crippen LogP) is 5.24. The number of benzene rings is 1. The smallest absolute Gasteiger partial charge is 0.197 e. The number of hydrogen-bond donors (Lipinski definition) is 0. The highest BCUT2D eigenvalue weighted by Crippen LogP contribution is 2.40. The molecule has 0 unspecified atom stereocenters. The van der Waals surface area contributed by atoms with Gasteiger partial charge in [-0.3, -0.25) is 9.20 Å². The van der Waals surface area contributed by atoms with Crippen molar-refractivity contribution in [2.45, 2.75) is 44.6 Å². The summed E-state index contributed by atoms with van der Waals surface area (Å²) in [6.07, 6.45) is 0.820. The summed E-state index contributed by atoms with van der Waals surface area (Å²) in [5.41, 5.74) is 2.55. The monoisotopic (exact) mass is 502 g/mol. The first-order chi connectivity index (χ1) is 14.3. The van der Waals surface area contributed by atoms with Gasteiger partial charge in [0.05, 0.1) is 23.3 Å². The van der Waals surface area contributed by atoms with Gasteiger partial charge in [-0.25, -0.2) is 4.98 Å². The van der Waals surface area contributed by atoms with Crippen molar-refractivity contribution < 1.29 is 9.53 Å². The fourth-order valence-corrected chi connectivity index (χ4v) is 5.99. The van der Waals surface area contributed by atoms with Gasteiger partial charge in [0, 0.05) is 21.3 Å². The van der Waals surface area contributed by atoms with Crippen molar-refractivity contribution in [2.75, 3.05) is 5.75 Å². The van der Waals surface area contributed by atoms with Gasteiger partial charge in [0.15, 0.2) is 16.6 Å². The van der Waals surface area contributed by atoms with E-state index < -0.39 is 0 Å². The first kappa shape index (κ1) is 20.1. The number of thioether (sulfide) groups is 1. The Morgan fingerprint density at radius 3 is 2.83 bits per heavy atom. The molecule has 0 saturated carbocycles. The highest BCUT2D eigenvalue weighted by Gasteiger charge is 2.31. The average molecular weight is 503 g/mol. The van der Waals surface area contributed by atoms with Crippen LogP contribution in [-0.4, -0.2) is 36.7 Å². The van der Waals surface area contributed by atoms with Crippen LogP contribution in [0.1, 0.15) is 40.5 Å². The molecule has 0 spiro atoms. The molecular weight excluding hydrogens is 484 g/mol. The lowest BCUT2D eigenvalue weighted by Gasteiger charge is -2.30. The molecule has 0 fully saturated rings. The molecule has 4 heterocycles. The minimum atomic E-state index is -0.211. The summed E-state index contributed by atoms with van der Waals surface area (Å²) >= 11 is 6.46. The van der Waals surface area contributed by atoms with Gasteiger partial charge in [0.2, 0.25) is 0 Å². The molecule has 154 valence electrons. The van der Waals surface area contributed by atoms with Gasteiger partial charge in [0.1, 0.15) is 10.7 Å². The standard InChI is InChI=1S/C21H19BrN4O2S2/c1-11-23-19-17(14-8-21(2,3)28-9-16(14)30-19)18-24-25-20(26(11)18)29-10-15(27)12-4-6-13(22)7-5-12/h4-7H,8-10H2,1-3H3. The van der Waals surface area contributed by atoms with Gasteiger partial charge >= 0.3 is 0 Å². The second kappa shape index (κ2) is 7.40. The number of ether oxygens (including phenoxy) is 1. The zero-order valence-electron chi connectivity index (χ0n) is 16.7. The Kier molecular flexibility index (Phi) is 4.96. The lowest BCUT2D eigenvalue weighted by Crippen LogP contribution is -2.31. The van der Waals surface area contributed by atoms with Crippen molar-refractivity contribution in [1.82, 2.24) is 19.6 Å². The number of fused-ring (bicyclic) bond motifs is 5. The van der Waals surface area contributed by atoms with E-state index in [-0.39, 0.29) is 11.4 Å². The van der Waals surface area contributed by atoms with Gasteiger partial charge in [-0.15, -0.1) is 21.5 Å². The molecule has 0 aliphatic carbocycles. The zero-order valence-corrected chi connectivity index (χ0v) is 19.9. The van der Waals surface area contributed by atoms with Crippen molar-refractivity contribution in [3.8, 4) is 0 Å². The van der Waals surface area contributed by atoms with Crippen LogP contribution in [0.15, 0.2) is 33.9 Å². The van der Waals surface area contributed by atoms with E-state index >= 15 is 0 Å². The second-order valence-electron chi connectivity index (χ2n) is 7.93. The van der Waals surface area contributed by atoms with Gasteiger partial charge in [-0.2, -0.15) is 0 Å². The van der Waals surface area contributed by atoms with E-state index in [1.807, 2.05) is 35.6 Å². The fourth-order valence-electron chi connectivity index (χ4n) is 3.71. The molecule has 30 heavy (non-hydrogen) atoms. The van der Waals surface area contributed by atoms with E-state index in [2.05, 4.69) is 40.0 Å². The molecule has 1 aliphatic heterocycles. The molecule has 1 aliphatic rings. The van der Waals surface area contributed by atoms with Crippen molar-refractivity contribution in [1.29, 1.82) is 0 Å². The second-order valence-corrected chi connectivity index (χ2v) is 10.9. The highest BCUT2D eigenvalue weighted by molar-refractivity contribution is 9.10. The van der Waals surface area contributed by atoms with Crippen LogP contribution < -0.4 is 0 Å². The molecule has 0 amide bonds. The number of hydrogen-bond acceptors (Lipinski definition) is 7. The summed E-state index contributed by atoms with van der Waals surface area (Å²) < 4.78 is 8.90. The lowest BCUT2D eigenvalue weighted by molar-refractivity contribution is -0.0379. The number of Topliss-reactive ketones (excluding diaryl/α,β-unsaturated/α-hetero) is 1. The number of aromatic nitrogens is 4. The third kappa shape index (κ3) is 3.47. The van der Waals surface area contributed by atoms with Crippen molar-refractivity contribution in [2.24, 2.45) is 0 Å². The predicted molar refractivity (Wildman–Crippen MR) is 123 cm³/mol. The van der Waals surface area contributed by atoms with Crippen LogP contribution in [0.25, 0.3) is 15.9 Å². The molecule has 5 rings (SSSR count). The molecular formula is C21H19BrN4O2S2. The summed E-state index contributed by atoms with van der Waals surface area (Å²) in [5.74, 6) is 1.17. The molecule has 9 heteroatoms. The van der Waals surface area contributed by atoms with Crippen LogP contribution in [-0.2, 0) is 17.8 Å². The van der Waals surface area contributed by atoms with Crippen LogP contribution in [0.3, 0.4) is 0 Å². The molecule has 6 nitrogen and oxygen atoms in total. The largest absolute Gasteiger partial charge is 0.370 e. The Bertz CT molecular complexity index is 1290. The van der Waals surface area contributed by atoms with E-state index in [1.54, 1.807) is 11.3 Å². The van der Waals surface area contributed by atoms with E-state index in [4.69, 9.17) is 9.72 Å². The van der Waals surface area contributed by atoms with Crippen LogP contribution >= 0.6 is 39.0 Å². The van der Waals surface area contributed by atoms with Crippen LogP contribution in [0.5, 0.6) is 0 Å². The van der Waals surface area contributed by atoms with Crippen LogP contribution in [0, 0.1) is 6.92 Å². The number of rotatable bonds is 4. The first-order valence-electron chi connectivity index (χ1n) is 9.54.